The van der Waals surface area contributed by atoms with E-state index in [4.69, 9.17) is 0 Å². The molecule has 3 aromatic rings. The van der Waals surface area contributed by atoms with Crippen molar-refractivity contribution >= 4 is 20.9 Å². The predicted molar refractivity (Wildman–Crippen MR) is 86.2 cm³/mol. The Morgan fingerprint density at radius 3 is 2.59 bits per heavy atom. The normalized spacial score (nSPS) is 11.9. The monoisotopic (exact) mass is 315 g/mol. The Labute approximate surface area is 129 Å². The summed E-state index contributed by atoms with van der Waals surface area (Å²) in [4.78, 5) is 0.285. The molecule has 2 aromatic carbocycles. The van der Waals surface area contributed by atoms with Crippen LogP contribution in [0.15, 0.2) is 53.4 Å². The number of aromatic nitrogens is 2. The zero-order valence-corrected chi connectivity index (χ0v) is 13.0. The number of sulfonamides is 1. The highest BCUT2D eigenvalue weighted by atomic mass is 32.2. The SMILES string of the molecule is Cc1ccc(S(=O)(=O)NCCc2[nH]nc3ccccc23)cc1. The van der Waals surface area contributed by atoms with Crippen molar-refractivity contribution in [2.45, 2.75) is 18.2 Å². The molecule has 0 unspecified atom stereocenters. The van der Waals surface area contributed by atoms with Crippen molar-refractivity contribution < 1.29 is 8.42 Å². The van der Waals surface area contributed by atoms with Crippen molar-refractivity contribution in [2.24, 2.45) is 0 Å². The second-order valence-corrected chi connectivity index (χ2v) is 6.95. The topological polar surface area (TPSA) is 74.8 Å². The van der Waals surface area contributed by atoms with Crippen LogP contribution >= 0.6 is 0 Å². The van der Waals surface area contributed by atoms with Crippen LogP contribution in [0.4, 0.5) is 0 Å². The van der Waals surface area contributed by atoms with E-state index < -0.39 is 10.0 Å². The molecule has 0 aliphatic carbocycles. The van der Waals surface area contributed by atoms with Crippen LogP contribution in [-0.4, -0.2) is 25.2 Å². The number of rotatable bonds is 5. The van der Waals surface area contributed by atoms with E-state index >= 15 is 0 Å². The Kier molecular flexibility index (Phi) is 3.96. The molecule has 2 N–H and O–H groups in total. The largest absolute Gasteiger partial charge is 0.281 e. The molecule has 22 heavy (non-hydrogen) atoms. The van der Waals surface area contributed by atoms with Gasteiger partial charge in [0.1, 0.15) is 0 Å². The van der Waals surface area contributed by atoms with E-state index in [-0.39, 0.29) is 4.90 Å². The average Bonchev–Trinajstić information content (AvgIpc) is 2.91. The second kappa shape index (κ2) is 5.90. The number of hydrogen-bond acceptors (Lipinski definition) is 3. The number of hydrogen-bond donors (Lipinski definition) is 2. The lowest BCUT2D eigenvalue weighted by Crippen LogP contribution is -2.26. The fourth-order valence-corrected chi connectivity index (χ4v) is 3.35. The summed E-state index contributed by atoms with van der Waals surface area (Å²) in [5.41, 5.74) is 2.85. The van der Waals surface area contributed by atoms with Gasteiger partial charge in [0.2, 0.25) is 10.0 Å². The summed E-state index contributed by atoms with van der Waals surface area (Å²) in [6.45, 7) is 2.25. The van der Waals surface area contributed by atoms with Gasteiger partial charge < -0.3 is 0 Å². The number of para-hydroxylation sites is 1. The molecule has 0 saturated heterocycles. The Morgan fingerprint density at radius 2 is 1.82 bits per heavy atom. The van der Waals surface area contributed by atoms with Crippen molar-refractivity contribution in [3.05, 3.63) is 59.8 Å². The maximum absolute atomic E-state index is 12.2. The molecule has 5 nitrogen and oxygen atoms in total. The summed E-state index contributed by atoms with van der Waals surface area (Å²) in [5, 5.41) is 8.19. The maximum atomic E-state index is 12.2. The van der Waals surface area contributed by atoms with Crippen molar-refractivity contribution in [1.82, 2.24) is 14.9 Å². The third-order valence-corrected chi connectivity index (χ3v) is 5.02. The van der Waals surface area contributed by atoms with Gasteiger partial charge in [-0.3, -0.25) is 5.10 Å². The number of H-pyrrole nitrogens is 1. The zero-order valence-electron chi connectivity index (χ0n) is 12.2. The summed E-state index contributed by atoms with van der Waals surface area (Å²) in [7, 11) is -3.47. The Hall–Kier alpha value is -2.18. The van der Waals surface area contributed by atoms with E-state index in [1.807, 2.05) is 31.2 Å². The van der Waals surface area contributed by atoms with Gasteiger partial charge in [0.15, 0.2) is 0 Å². The number of fused-ring (bicyclic) bond motifs is 1. The van der Waals surface area contributed by atoms with Crippen LogP contribution in [0.2, 0.25) is 0 Å². The highest BCUT2D eigenvalue weighted by molar-refractivity contribution is 7.89. The molecular formula is C16H17N3O2S. The summed E-state index contributed by atoms with van der Waals surface area (Å²) in [6.07, 6.45) is 0.561. The third kappa shape index (κ3) is 3.03. The van der Waals surface area contributed by atoms with Crippen molar-refractivity contribution in [3.63, 3.8) is 0 Å². The first-order valence-electron chi connectivity index (χ1n) is 7.04. The van der Waals surface area contributed by atoms with Gasteiger partial charge in [0, 0.05) is 24.0 Å². The Balaban J connectivity index is 1.68. The molecule has 1 aromatic heterocycles. The maximum Gasteiger partial charge on any atom is 0.240 e. The molecule has 3 rings (SSSR count). The third-order valence-electron chi connectivity index (χ3n) is 3.54. The van der Waals surface area contributed by atoms with Gasteiger partial charge in [-0.05, 0) is 25.1 Å². The van der Waals surface area contributed by atoms with Gasteiger partial charge in [-0.1, -0.05) is 35.9 Å². The number of aryl methyl sites for hydroxylation is 1. The first-order valence-corrected chi connectivity index (χ1v) is 8.53. The summed E-state index contributed by atoms with van der Waals surface area (Å²) in [6, 6.07) is 14.6. The number of aromatic amines is 1. The summed E-state index contributed by atoms with van der Waals surface area (Å²) >= 11 is 0. The van der Waals surface area contributed by atoms with Crippen molar-refractivity contribution in [1.29, 1.82) is 0 Å². The molecule has 0 aliphatic heterocycles. The molecule has 0 atom stereocenters. The van der Waals surface area contributed by atoms with E-state index in [0.29, 0.717) is 13.0 Å². The Morgan fingerprint density at radius 1 is 1.09 bits per heavy atom. The van der Waals surface area contributed by atoms with Gasteiger partial charge in [0.25, 0.3) is 0 Å². The molecule has 0 aliphatic rings. The molecule has 0 saturated carbocycles. The summed E-state index contributed by atoms with van der Waals surface area (Å²) in [5.74, 6) is 0. The van der Waals surface area contributed by atoms with E-state index in [0.717, 1.165) is 22.2 Å². The molecule has 6 heteroatoms. The van der Waals surface area contributed by atoms with Crippen molar-refractivity contribution in [2.75, 3.05) is 6.54 Å². The number of nitrogens with zero attached hydrogens (tertiary/aromatic N) is 1. The standard InChI is InChI=1S/C16H17N3O2S/c1-12-6-8-13(9-7-12)22(20,21)17-11-10-16-14-4-2-3-5-15(14)18-19-16/h2-9,17H,10-11H2,1H3,(H,18,19). The quantitative estimate of drug-likeness (QED) is 0.759. The first-order chi connectivity index (χ1) is 10.6. The van der Waals surface area contributed by atoms with E-state index in [1.54, 1.807) is 24.3 Å². The lowest BCUT2D eigenvalue weighted by Gasteiger charge is -2.06. The van der Waals surface area contributed by atoms with Crippen LogP contribution in [-0.2, 0) is 16.4 Å². The van der Waals surface area contributed by atoms with Gasteiger partial charge >= 0.3 is 0 Å². The molecule has 0 bridgehead atoms. The highest BCUT2D eigenvalue weighted by Crippen LogP contribution is 2.15. The van der Waals surface area contributed by atoms with Crippen LogP contribution in [0.25, 0.3) is 10.9 Å². The first kappa shape index (κ1) is 14.7. The lowest BCUT2D eigenvalue weighted by atomic mass is 10.2. The highest BCUT2D eigenvalue weighted by Gasteiger charge is 2.13. The minimum absolute atomic E-state index is 0.285. The summed E-state index contributed by atoms with van der Waals surface area (Å²) < 4.78 is 27.0. The van der Waals surface area contributed by atoms with Crippen LogP contribution in [0.1, 0.15) is 11.3 Å². The van der Waals surface area contributed by atoms with Gasteiger partial charge in [-0.25, -0.2) is 13.1 Å². The minimum Gasteiger partial charge on any atom is -0.281 e. The van der Waals surface area contributed by atoms with E-state index in [2.05, 4.69) is 14.9 Å². The van der Waals surface area contributed by atoms with Gasteiger partial charge in [0.05, 0.1) is 10.4 Å². The van der Waals surface area contributed by atoms with Gasteiger partial charge in [-0.2, -0.15) is 5.10 Å². The Bertz CT molecular complexity index is 883. The molecule has 0 spiro atoms. The predicted octanol–water partition coefficient (Wildman–Crippen LogP) is 2.39. The van der Waals surface area contributed by atoms with Crippen LogP contribution in [0, 0.1) is 6.92 Å². The number of nitrogens with one attached hydrogen (secondary N) is 2. The molecular weight excluding hydrogens is 298 g/mol. The van der Waals surface area contributed by atoms with Crippen molar-refractivity contribution in [3.8, 4) is 0 Å². The molecule has 1 heterocycles. The molecule has 0 fully saturated rings. The minimum atomic E-state index is -3.47. The molecule has 0 radical (unpaired) electrons. The lowest BCUT2D eigenvalue weighted by molar-refractivity contribution is 0.581. The smallest absolute Gasteiger partial charge is 0.240 e. The van der Waals surface area contributed by atoms with Crippen LogP contribution < -0.4 is 4.72 Å². The van der Waals surface area contributed by atoms with Crippen LogP contribution in [0.5, 0.6) is 0 Å². The zero-order chi connectivity index (χ0) is 15.6. The second-order valence-electron chi connectivity index (χ2n) is 5.18. The molecule has 114 valence electrons. The molecule has 0 amide bonds. The van der Waals surface area contributed by atoms with E-state index in [1.165, 1.54) is 0 Å². The number of benzene rings is 2. The van der Waals surface area contributed by atoms with Gasteiger partial charge in [-0.15, -0.1) is 0 Å². The fourth-order valence-electron chi connectivity index (χ4n) is 2.32. The van der Waals surface area contributed by atoms with E-state index in [9.17, 15) is 8.42 Å². The van der Waals surface area contributed by atoms with Crippen LogP contribution in [0.3, 0.4) is 0 Å². The average molecular weight is 315 g/mol. The fraction of sp³-hybridized carbons (Fsp3) is 0.188.